The lowest BCUT2D eigenvalue weighted by Gasteiger charge is -2.24. The number of aromatic nitrogens is 1. The van der Waals surface area contributed by atoms with Crippen LogP contribution in [0.3, 0.4) is 0 Å². The van der Waals surface area contributed by atoms with Crippen molar-refractivity contribution in [1.29, 1.82) is 0 Å². The van der Waals surface area contributed by atoms with Gasteiger partial charge in [0.15, 0.2) is 0 Å². The molecule has 27 heavy (non-hydrogen) atoms. The Morgan fingerprint density at radius 2 is 2.15 bits per heavy atom. The minimum Gasteiger partial charge on any atom is -0.470 e. The molecule has 1 aromatic carbocycles. The van der Waals surface area contributed by atoms with E-state index in [0.29, 0.717) is 12.4 Å². The number of ether oxygens (including phenoxy) is 2. The smallest absolute Gasteiger partial charge is 0.272 e. The number of carbonyl (C=O) groups is 1. The number of nitrogens with one attached hydrogen (secondary N) is 1. The number of halogens is 1. The molecule has 0 saturated heterocycles. The Balaban J connectivity index is 2.18. The van der Waals surface area contributed by atoms with Crippen LogP contribution in [-0.4, -0.2) is 41.8 Å². The van der Waals surface area contributed by atoms with Gasteiger partial charge in [0.1, 0.15) is 12.4 Å². The van der Waals surface area contributed by atoms with E-state index >= 15 is 0 Å². The highest BCUT2D eigenvalue weighted by atomic mass is 127. The van der Waals surface area contributed by atoms with Crippen molar-refractivity contribution >= 4 is 51.2 Å². The van der Waals surface area contributed by atoms with Crippen LogP contribution < -0.4 is 10.1 Å². The number of benzene rings is 1. The minimum absolute atomic E-state index is 0.224. The maximum absolute atomic E-state index is 12.7. The number of nitrogens with zero attached hydrogens (tertiary/aromatic N) is 1. The van der Waals surface area contributed by atoms with Gasteiger partial charge in [0.2, 0.25) is 5.44 Å². The molecule has 2 aromatic rings. The first kappa shape index (κ1) is 21.8. The monoisotopic (exact) mass is 498 g/mol. The van der Waals surface area contributed by atoms with Crippen LogP contribution in [0, 0.1) is 22.3 Å². The van der Waals surface area contributed by atoms with Gasteiger partial charge in [0.05, 0.1) is 11.1 Å². The summed E-state index contributed by atoms with van der Waals surface area (Å²) in [5.41, 5.74) is 0.584. The summed E-state index contributed by atoms with van der Waals surface area (Å²) in [7, 11) is 1.58. The first-order valence-electron chi connectivity index (χ1n) is 8.32. The summed E-state index contributed by atoms with van der Waals surface area (Å²) >= 11 is 3.56. The molecule has 0 radical (unpaired) electrons. The summed E-state index contributed by atoms with van der Waals surface area (Å²) in [5, 5.41) is 3.91. The summed E-state index contributed by atoms with van der Waals surface area (Å²) in [6, 6.07) is 5.87. The number of pyridine rings is 1. The van der Waals surface area contributed by atoms with Crippen LogP contribution >= 0.6 is 34.4 Å². The molecule has 1 N–H and O–H groups in total. The summed E-state index contributed by atoms with van der Waals surface area (Å²) in [6.45, 7) is 6.00. The Bertz CT molecular complexity index is 890. The zero-order valence-corrected chi connectivity index (χ0v) is 19.0. The first-order chi connectivity index (χ1) is 12.8. The minimum atomic E-state index is -0.680. The summed E-state index contributed by atoms with van der Waals surface area (Å²) in [5.74, 6) is 6.29. The second-order valence-corrected chi connectivity index (χ2v) is 8.65. The number of rotatable bonds is 6. The SMILES string of the molecule is COCC#CC(C)(C)NC(=O)C(Oc1cc(C)c2ncc(I)cc2c1)SC. The van der Waals surface area contributed by atoms with Gasteiger partial charge in [-0.3, -0.25) is 9.78 Å². The molecule has 0 saturated carbocycles. The van der Waals surface area contributed by atoms with Gasteiger partial charge in [0.25, 0.3) is 5.91 Å². The van der Waals surface area contributed by atoms with Gasteiger partial charge in [-0.25, -0.2) is 0 Å². The predicted molar refractivity (Wildman–Crippen MR) is 119 cm³/mol. The number of fused-ring (bicyclic) bond motifs is 1. The maximum Gasteiger partial charge on any atom is 0.272 e. The van der Waals surface area contributed by atoms with Crippen LogP contribution in [0.2, 0.25) is 0 Å². The molecule has 2 rings (SSSR count). The Kier molecular flexibility index (Phi) is 7.77. The van der Waals surface area contributed by atoms with Crippen LogP contribution in [0.4, 0.5) is 0 Å². The van der Waals surface area contributed by atoms with E-state index in [4.69, 9.17) is 9.47 Å². The molecule has 5 nitrogen and oxygen atoms in total. The number of aryl methyl sites for hydroxylation is 1. The molecule has 7 heteroatoms. The van der Waals surface area contributed by atoms with E-state index in [1.54, 1.807) is 7.11 Å². The average Bonchev–Trinajstić information content (AvgIpc) is 2.58. The standard InChI is InChI=1S/C20H23IN2O3S/c1-13-9-16(11-14-10-15(21)12-22-17(13)14)26-19(27-5)18(24)23-20(2,3)7-6-8-25-4/h9-12,19H,8H2,1-5H3,(H,23,24). The number of hydrogen-bond acceptors (Lipinski definition) is 5. The number of methoxy groups -OCH3 is 1. The third-order valence-corrected chi connectivity index (χ3v) is 4.97. The van der Waals surface area contributed by atoms with Crippen molar-refractivity contribution in [3.63, 3.8) is 0 Å². The van der Waals surface area contributed by atoms with Crippen LogP contribution in [0.1, 0.15) is 19.4 Å². The van der Waals surface area contributed by atoms with Crippen molar-refractivity contribution in [2.24, 2.45) is 0 Å². The number of hydrogen-bond donors (Lipinski definition) is 1. The van der Waals surface area contributed by atoms with Crippen LogP contribution in [0.15, 0.2) is 24.4 Å². The van der Waals surface area contributed by atoms with Crippen molar-refractivity contribution in [2.45, 2.75) is 31.7 Å². The molecule has 0 aliphatic carbocycles. The third kappa shape index (κ3) is 6.26. The van der Waals surface area contributed by atoms with E-state index in [2.05, 4.69) is 44.7 Å². The molecule has 1 amide bonds. The first-order valence-corrected chi connectivity index (χ1v) is 10.7. The van der Waals surface area contributed by atoms with E-state index in [9.17, 15) is 4.79 Å². The van der Waals surface area contributed by atoms with Crippen LogP contribution in [0.25, 0.3) is 10.9 Å². The fraction of sp³-hybridized carbons (Fsp3) is 0.400. The Morgan fingerprint density at radius 3 is 2.81 bits per heavy atom. The molecule has 144 valence electrons. The van der Waals surface area contributed by atoms with Gasteiger partial charge < -0.3 is 14.8 Å². The van der Waals surface area contributed by atoms with Gasteiger partial charge in [-0.05, 0) is 73.4 Å². The van der Waals surface area contributed by atoms with Gasteiger partial charge in [0, 0.05) is 22.3 Å². The molecule has 0 aliphatic rings. The fourth-order valence-corrected chi connectivity index (χ4v) is 3.45. The van der Waals surface area contributed by atoms with E-state index < -0.39 is 11.0 Å². The Morgan fingerprint density at radius 1 is 1.41 bits per heavy atom. The van der Waals surface area contributed by atoms with Gasteiger partial charge in [-0.15, -0.1) is 11.8 Å². The molecule has 0 fully saturated rings. The highest BCUT2D eigenvalue weighted by molar-refractivity contribution is 14.1. The summed E-state index contributed by atoms with van der Waals surface area (Å²) in [6.07, 6.45) is 3.67. The molecule has 1 atom stereocenters. The topological polar surface area (TPSA) is 60.5 Å². The molecule has 0 aliphatic heterocycles. The van der Waals surface area contributed by atoms with Crippen molar-refractivity contribution in [3.8, 4) is 17.6 Å². The van der Waals surface area contributed by atoms with Crippen molar-refractivity contribution in [1.82, 2.24) is 10.3 Å². The van der Waals surface area contributed by atoms with Crippen LogP contribution in [-0.2, 0) is 9.53 Å². The quantitative estimate of drug-likeness (QED) is 0.374. The predicted octanol–water partition coefficient (Wildman–Crippen LogP) is 3.76. The Labute approximate surface area is 178 Å². The molecular weight excluding hydrogens is 475 g/mol. The highest BCUT2D eigenvalue weighted by Gasteiger charge is 2.25. The van der Waals surface area contributed by atoms with Gasteiger partial charge >= 0.3 is 0 Å². The zero-order valence-electron chi connectivity index (χ0n) is 16.1. The van der Waals surface area contributed by atoms with Crippen molar-refractivity contribution in [2.75, 3.05) is 20.0 Å². The highest BCUT2D eigenvalue weighted by Crippen LogP contribution is 2.27. The average molecular weight is 498 g/mol. The molecule has 1 unspecified atom stereocenters. The van der Waals surface area contributed by atoms with Gasteiger partial charge in [-0.2, -0.15) is 0 Å². The maximum atomic E-state index is 12.7. The van der Waals surface area contributed by atoms with Gasteiger partial charge in [-0.1, -0.05) is 11.8 Å². The number of thioether (sulfide) groups is 1. The second-order valence-electron chi connectivity index (χ2n) is 6.50. The van der Waals surface area contributed by atoms with E-state index in [1.165, 1.54) is 11.8 Å². The summed E-state index contributed by atoms with van der Waals surface area (Å²) < 4.78 is 11.9. The fourth-order valence-electron chi connectivity index (χ4n) is 2.50. The normalized spacial score (nSPS) is 12.2. The second kappa shape index (κ2) is 9.62. The number of amides is 1. The van der Waals surface area contributed by atoms with E-state index in [0.717, 1.165) is 20.0 Å². The molecular formula is C20H23IN2O3S. The molecule has 1 aromatic heterocycles. The third-order valence-electron chi connectivity index (χ3n) is 3.64. The summed E-state index contributed by atoms with van der Waals surface area (Å²) in [4.78, 5) is 17.1. The lowest BCUT2D eigenvalue weighted by molar-refractivity contribution is -0.125. The Hall–Kier alpha value is -1.50. The largest absolute Gasteiger partial charge is 0.470 e. The number of carbonyl (C=O) groups excluding carboxylic acids is 1. The zero-order chi connectivity index (χ0) is 20.0. The van der Waals surface area contributed by atoms with E-state index in [-0.39, 0.29) is 5.91 Å². The van der Waals surface area contributed by atoms with E-state index in [1.807, 2.05) is 51.4 Å². The van der Waals surface area contributed by atoms with Crippen molar-refractivity contribution < 1.29 is 14.3 Å². The lowest BCUT2D eigenvalue weighted by Crippen LogP contribution is -2.47. The molecule has 1 heterocycles. The lowest BCUT2D eigenvalue weighted by atomic mass is 10.1. The molecule has 0 bridgehead atoms. The molecule has 0 spiro atoms. The van der Waals surface area contributed by atoms with Crippen LogP contribution in [0.5, 0.6) is 5.75 Å². The van der Waals surface area contributed by atoms with Crippen molar-refractivity contribution in [3.05, 3.63) is 33.5 Å².